The summed E-state index contributed by atoms with van der Waals surface area (Å²) in [7, 11) is 0. The van der Waals surface area contributed by atoms with Crippen molar-refractivity contribution in [2.45, 2.75) is 17.2 Å². The Labute approximate surface area is 119 Å². The van der Waals surface area contributed by atoms with Gasteiger partial charge in [-0.05, 0) is 6.26 Å². The quantitative estimate of drug-likeness (QED) is 0.397. The summed E-state index contributed by atoms with van der Waals surface area (Å²) >= 11 is 1.44. The molecule has 110 valence electrons. The maximum atomic E-state index is 9.44. The smallest absolute Gasteiger partial charge is 0.143 e. The first-order valence-corrected chi connectivity index (χ1v) is 7.18. The highest BCUT2D eigenvalue weighted by Crippen LogP contribution is 2.27. The predicted molar refractivity (Wildman–Crippen MR) is 72.3 cm³/mol. The van der Waals surface area contributed by atoms with E-state index in [4.69, 9.17) is 14.9 Å². The summed E-state index contributed by atoms with van der Waals surface area (Å²) in [5, 5.41) is 35.1. The van der Waals surface area contributed by atoms with Crippen molar-refractivity contribution in [3.63, 3.8) is 0 Å². The van der Waals surface area contributed by atoms with Crippen LogP contribution in [-0.4, -0.2) is 67.7 Å². The summed E-state index contributed by atoms with van der Waals surface area (Å²) in [6, 6.07) is 0. The van der Waals surface area contributed by atoms with Crippen LogP contribution in [0, 0.1) is 0 Å². The summed E-state index contributed by atoms with van der Waals surface area (Å²) in [5.74, 6) is 0. The molecule has 0 saturated carbocycles. The molecule has 4 N–H and O–H groups in total. The topological polar surface area (TPSA) is 124 Å². The molecule has 20 heavy (non-hydrogen) atoms. The maximum Gasteiger partial charge on any atom is 0.143 e. The summed E-state index contributed by atoms with van der Waals surface area (Å²) in [5.41, 5.74) is 1.65. The average Bonchev–Trinajstić information content (AvgIpc) is 2.92. The number of ether oxygens (including phenoxy) is 1. The molecule has 0 aliphatic carbocycles. The van der Waals surface area contributed by atoms with Crippen LogP contribution < -0.4 is 0 Å². The molecule has 0 aromatic carbocycles. The van der Waals surface area contributed by atoms with Crippen LogP contribution in [0.5, 0.6) is 0 Å². The maximum absolute atomic E-state index is 9.44. The molecular formula is C11H16N4O4S. The number of aliphatic hydroxyl groups excluding tert-OH is 3. The highest BCUT2D eigenvalue weighted by Gasteiger charge is 2.23. The second-order valence-electron chi connectivity index (χ2n) is 4.01. The number of nitrogens with one attached hydrogen (secondary N) is 1. The zero-order chi connectivity index (χ0) is 14.5. The molecule has 1 atom stereocenters. The Morgan fingerprint density at radius 2 is 1.95 bits per heavy atom. The van der Waals surface area contributed by atoms with Gasteiger partial charge in [-0.3, -0.25) is 5.10 Å². The number of aromatic nitrogens is 4. The molecule has 0 unspecified atom stereocenters. The van der Waals surface area contributed by atoms with E-state index in [-0.39, 0.29) is 19.8 Å². The lowest BCUT2D eigenvalue weighted by atomic mass is 10.2. The van der Waals surface area contributed by atoms with E-state index >= 15 is 0 Å². The van der Waals surface area contributed by atoms with Gasteiger partial charge in [-0.2, -0.15) is 5.10 Å². The number of fused-ring (bicyclic) bond motifs is 1. The van der Waals surface area contributed by atoms with Gasteiger partial charge < -0.3 is 20.1 Å². The Kier molecular flexibility index (Phi) is 5.26. The number of aliphatic hydroxyl groups is 3. The first-order chi connectivity index (χ1) is 9.74. The second kappa shape index (κ2) is 6.95. The van der Waals surface area contributed by atoms with Gasteiger partial charge in [-0.1, -0.05) is 0 Å². The fraction of sp³-hybridized carbons (Fsp3) is 0.545. The molecule has 0 fully saturated rings. The number of aromatic amines is 1. The van der Waals surface area contributed by atoms with Gasteiger partial charge in [0.2, 0.25) is 0 Å². The lowest BCUT2D eigenvalue weighted by molar-refractivity contribution is -0.0826. The molecule has 0 saturated heterocycles. The fourth-order valence-corrected chi connectivity index (χ4v) is 2.27. The van der Waals surface area contributed by atoms with Crippen molar-refractivity contribution in [1.29, 1.82) is 0 Å². The summed E-state index contributed by atoms with van der Waals surface area (Å²) in [6.45, 7) is -1.01. The Hall–Kier alpha value is -1.26. The second-order valence-corrected chi connectivity index (χ2v) is 4.81. The van der Waals surface area contributed by atoms with Gasteiger partial charge in [0, 0.05) is 0 Å². The van der Waals surface area contributed by atoms with Crippen molar-refractivity contribution in [2.75, 3.05) is 26.1 Å². The molecule has 2 rings (SSSR count). The molecule has 0 aliphatic rings. The molecule has 9 heteroatoms. The van der Waals surface area contributed by atoms with E-state index in [9.17, 15) is 5.11 Å². The first kappa shape index (κ1) is 15.1. The van der Waals surface area contributed by atoms with Crippen LogP contribution >= 0.6 is 11.8 Å². The van der Waals surface area contributed by atoms with Crippen LogP contribution in [0.1, 0.15) is 11.8 Å². The van der Waals surface area contributed by atoms with Gasteiger partial charge in [0.25, 0.3) is 0 Å². The summed E-state index contributed by atoms with van der Waals surface area (Å²) in [6.07, 6.45) is 1.77. The van der Waals surface area contributed by atoms with E-state index in [1.807, 2.05) is 6.26 Å². The molecule has 2 aromatic rings. The van der Waals surface area contributed by atoms with Crippen LogP contribution in [0.15, 0.2) is 11.4 Å². The SMILES string of the molecule is CSc1ncnc2c([C@@H](CO)OC(CO)CO)[nH]nc12. The van der Waals surface area contributed by atoms with Crippen molar-refractivity contribution in [3.8, 4) is 0 Å². The number of nitrogens with zero attached hydrogens (tertiary/aromatic N) is 3. The van der Waals surface area contributed by atoms with Gasteiger partial charge in [0.15, 0.2) is 0 Å². The molecule has 0 aliphatic heterocycles. The van der Waals surface area contributed by atoms with Crippen molar-refractivity contribution in [2.24, 2.45) is 0 Å². The van der Waals surface area contributed by atoms with Gasteiger partial charge in [-0.25, -0.2) is 9.97 Å². The van der Waals surface area contributed by atoms with E-state index in [0.717, 1.165) is 5.03 Å². The molecule has 0 radical (unpaired) electrons. The van der Waals surface area contributed by atoms with Crippen molar-refractivity contribution >= 4 is 22.8 Å². The van der Waals surface area contributed by atoms with E-state index in [0.29, 0.717) is 16.7 Å². The summed E-state index contributed by atoms with van der Waals surface area (Å²) in [4.78, 5) is 8.25. The largest absolute Gasteiger partial charge is 0.394 e. The number of rotatable bonds is 7. The highest BCUT2D eigenvalue weighted by atomic mass is 32.2. The minimum Gasteiger partial charge on any atom is -0.394 e. The Bertz CT molecular complexity index is 560. The molecule has 0 spiro atoms. The van der Waals surface area contributed by atoms with Crippen molar-refractivity contribution in [1.82, 2.24) is 20.2 Å². The molecule has 0 bridgehead atoms. The van der Waals surface area contributed by atoms with Gasteiger partial charge >= 0.3 is 0 Å². The third-order valence-electron chi connectivity index (χ3n) is 2.78. The van der Waals surface area contributed by atoms with Crippen LogP contribution in [0.25, 0.3) is 11.0 Å². The van der Waals surface area contributed by atoms with Crippen LogP contribution in [0.3, 0.4) is 0 Å². The van der Waals surface area contributed by atoms with E-state index in [2.05, 4.69) is 20.2 Å². The minimum atomic E-state index is -0.771. The lowest BCUT2D eigenvalue weighted by Crippen LogP contribution is -2.26. The Morgan fingerprint density at radius 3 is 2.55 bits per heavy atom. The third kappa shape index (κ3) is 2.91. The van der Waals surface area contributed by atoms with Crippen LogP contribution in [0.2, 0.25) is 0 Å². The highest BCUT2D eigenvalue weighted by molar-refractivity contribution is 7.98. The van der Waals surface area contributed by atoms with E-state index < -0.39 is 12.2 Å². The van der Waals surface area contributed by atoms with Crippen LogP contribution in [-0.2, 0) is 4.74 Å². The van der Waals surface area contributed by atoms with Gasteiger partial charge in [-0.15, -0.1) is 11.8 Å². The number of hydrogen-bond acceptors (Lipinski definition) is 8. The first-order valence-electron chi connectivity index (χ1n) is 5.96. The Morgan fingerprint density at radius 1 is 1.20 bits per heavy atom. The van der Waals surface area contributed by atoms with Gasteiger partial charge in [0.05, 0.1) is 25.5 Å². The minimum absolute atomic E-state index is 0.327. The van der Waals surface area contributed by atoms with E-state index in [1.165, 1.54) is 18.1 Å². The summed E-state index contributed by atoms with van der Waals surface area (Å²) < 4.78 is 5.44. The number of thioether (sulfide) groups is 1. The van der Waals surface area contributed by atoms with Crippen molar-refractivity contribution < 1.29 is 20.1 Å². The predicted octanol–water partition coefficient (Wildman–Crippen LogP) is -0.522. The fourth-order valence-electron chi connectivity index (χ4n) is 1.78. The molecule has 2 heterocycles. The molecule has 2 aromatic heterocycles. The van der Waals surface area contributed by atoms with Gasteiger partial charge in [0.1, 0.15) is 34.6 Å². The lowest BCUT2D eigenvalue weighted by Gasteiger charge is -2.19. The molecular weight excluding hydrogens is 284 g/mol. The molecule has 8 nitrogen and oxygen atoms in total. The monoisotopic (exact) mass is 300 g/mol. The number of H-pyrrole nitrogens is 1. The zero-order valence-electron chi connectivity index (χ0n) is 10.9. The molecule has 0 amide bonds. The zero-order valence-corrected chi connectivity index (χ0v) is 11.7. The standard InChI is InChI=1S/C11H16N4O4S/c1-20-11-10-9(12-5-13-11)8(14-15-10)7(4-18)19-6(2-16)3-17/h5-7,16-18H,2-4H2,1H3,(H,14,15)/t7-/m1/s1. The average molecular weight is 300 g/mol. The third-order valence-corrected chi connectivity index (χ3v) is 3.46. The Balaban J connectivity index is 2.35. The van der Waals surface area contributed by atoms with Crippen LogP contribution in [0.4, 0.5) is 0 Å². The number of hydrogen-bond donors (Lipinski definition) is 4. The normalized spacial score (nSPS) is 13.2. The van der Waals surface area contributed by atoms with Crippen molar-refractivity contribution in [3.05, 3.63) is 12.0 Å². The van der Waals surface area contributed by atoms with E-state index in [1.54, 1.807) is 0 Å².